The number of allylic oxidation sites excluding steroid dienone is 1. The van der Waals surface area contributed by atoms with Crippen molar-refractivity contribution in [3.63, 3.8) is 0 Å². The van der Waals surface area contributed by atoms with Gasteiger partial charge in [-0.05, 0) is 78.3 Å². The number of alkyl halides is 3. The summed E-state index contributed by atoms with van der Waals surface area (Å²) in [6, 6.07) is 6.20. The third-order valence-corrected chi connectivity index (χ3v) is 4.92. The Hall–Kier alpha value is -0.720. The minimum Gasteiger partial charge on any atom is -0.486 e. The van der Waals surface area contributed by atoms with Crippen LogP contribution in [0.5, 0.6) is 0 Å². The van der Waals surface area contributed by atoms with E-state index < -0.39 is 11.9 Å². The molecule has 1 saturated carbocycles. The van der Waals surface area contributed by atoms with Crippen LogP contribution in [0, 0.1) is 10.5 Å². The van der Waals surface area contributed by atoms with E-state index in [0.717, 1.165) is 12.8 Å². The highest BCUT2D eigenvalue weighted by Crippen LogP contribution is 2.39. The average Bonchev–Trinajstić information content (AvgIpc) is 2.39. The van der Waals surface area contributed by atoms with Crippen LogP contribution < -0.4 is 0 Å². The van der Waals surface area contributed by atoms with Crippen LogP contribution in [0.15, 0.2) is 30.5 Å². The zero-order valence-electron chi connectivity index (χ0n) is 11.8. The Bertz CT molecular complexity index is 496. The van der Waals surface area contributed by atoms with Crippen molar-refractivity contribution in [2.75, 3.05) is 0 Å². The lowest BCUT2D eigenvalue weighted by molar-refractivity contribution is -0.141. The lowest BCUT2D eigenvalue weighted by atomic mass is 9.81. The second-order valence-corrected chi connectivity index (χ2v) is 6.65. The van der Waals surface area contributed by atoms with E-state index in [1.165, 1.54) is 14.7 Å². The predicted molar refractivity (Wildman–Crippen MR) is 85.2 cm³/mol. The Morgan fingerprint density at radius 2 is 1.86 bits per heavy atom. The smallest absolute Gasteiger partial charge is 0.448 e. The zero-order valence-corrected chi connectivity index (χ0v) is 14.0. The molecule has 1 aliphatic rings. The molecular weight excluding hydrogens is 392 g/mol. The van der Waals surface area contributed by atoms with Gasteiger partial charge in [0.05, 0.1) is 6.10 Å². The minimum absolute atomic E-state index is 0.364. The monoisotopic (exact) mass is 410 g/mol. The summed E-state index contributed by atoms with van der Waals surface area (Å²) in [5.41, 5.74) is 2.59. The maximum atomic E-state index is 12.4. The summed E-state index contributed by atoms with van der Waals surface area (Å²) in [5, 5.41) is 0. The molecule has 1 aromatic carbocycles. The number of benzene rings is 1. The van der Waals surface area contributed by atoms with Crippen molar-refractivity contribution in [3.05, 3.63) is 45.2 Å². The van der Waals surface area contributed by atoms with Gasteiger partial charge in [0.1, 0.15) is 0 Å². The molecule has 0 atom stereocenters. The molecule has 116 valence electrons. The summed E-state index contributed by atoms with van der Waals surface area (Å²) in [6.07, 6.45) is -1.82. The van der Waals surface area contributed by atoms with Gasteiger partial charge < -0.3 is 4.74 Å². The van der Waals surface area contributed by atoms with Crippen molar-refractivity contribution in [1.82, 2.24) is 0 Å². The molecule has 1 aromatic rings. The number of halogens is 4. The van der Waals surface area contributed by atoms with E-state index in [4.69, 9.17) is 4.74 Å². The summed E-state index contributed by atoms with van der Waals surface area (Å²) in [7, 11) is 0. The van der Waals surface area contributed by atoms with Crippen molar-refractivity contribution in [2.45, 2.75) is 50.8 Å². The van der Waals surface area contributed by atoms with E-state index >= 15 is 0 Å². The molecule has 0 radical (unpaired) electrons. The first-order chi connectivity index (χ1) is 9.79. The molecule has 1 aliphatic carbocycles. The Balaban J connectivity index is 1.96. The third kappa shape index (κ3) is 4.14. The maximum Gasteiger partial charge on any atom is 0.448 e. The third-order valence-electron chi connectivity index (χ3n) is 3.98. The number of aryl methyl sites for hydroxylation is 1. The lowest BCUT2D eigenvalue weighted by Crippen LogP contribution is -2.25. The second-order valence-electron chi connectivity index (χ2n) is 5.48. The van der Waals surface area contributed by atoms with Gasteiger partial charge in [-0.2, -0.15) is 13.2 Å². The van der Waals surface area contributed by atoms with Gasteiger partial charge in [0.25, 0.3) is 0 Å². The van der Waals surface area contributed by atoms with Crippen LogP contribution in [-0.4, -0.2) is 12.3 Å². The van der Waals surface area contributed by atoms with E-state index in [9.17, 15) is 13.2 Å². The molecule has 0 aromatic heterocycles. The normalized spacial score (nSPS) is 22.9. The van der Waals surface area contributed by atoms with Crippen LogP contribution in [0.25, 0.3) is 0 Å². The zero-order chi connectivity index (χ0) is 15.6. The van der Waals surface area contributed by atoms with Gasteiger partial charge in [0.2, 0.25) is 0 Å². The molecule has 1 nitrogen and oxygen atoms in total. The van der Waals surface area contributed by atoms with Crippen molar-refractivity contribution >= 4 is 22.6 Å². The highest BCUT2D eigenvalue weighted by Gasteiger charge is 2.36. The quantitative estimate of drug-likeness (QED) is 0.458. The van der Waals surface area contributed by atoms with Crippen molar-refractivity contribution < 1.29 is 17.9 Å². The summed E-state index contributed by atoms with van der Waals surface area (Å²) in [4.78, 5) is 0. The van der Waals surface area contributed by atoms with Crippen LogP contribution in [0.2, 0.25) is 0 Å². The summed E-state index contributed by atoms with van der Waals surface area (Å²) in [6.45, 7) is 5.07. The molecule has 0 N–H and O–H groups in total. The highest BCUT2D eigenvalue weighted by atomic mass is 127. The molecule has 0 bridgehead atoms. The lowest BCUT2D eigenvalue weighted by Gasteiger charge is -2.31. The molecule has 1 fully saturated rings. The van der Waals surface area contributed by atoms with Gasteiger partial charge in [0.15, 0.2) is 5.76 Å². The predicted octanol–water partition coefficient (Wildman–Crippen LogP) is 5.72. The first-order valence-corrected chi connectivity index (χ1v) is 8.04. The van der Waals surface area contributed by atoms with Crippen molar-refractivity contribution in [3.8, 4) is 0 Å². The standard InChI is InChI=1S/C16H18F3IO/c1-10-4-3-5-14(20)15(10)12-6-8-13(9-7-12)21-11(2)16(17,18)19/h3-5,12-13H,2,6-9H2,1H3. The van der Waals surface area contributed by atoms with Crippen molar-refractivity contribution in [1.29, 1.82) is 0 Å². The van der Waals surface area contributed by atoms with Crippen molar-refractivity contribution in [2.24, 2.45) is 0 Å². The maximum absolute atomic E-state index is 12.4. The minimum atomic E-state index is -4.46. The molecule has 0 saturated heterocycles. The fourth-order valence-electron chi connectivity index (χ4n) is 2.90. The fraction of sp³-hybridized carbons (Fsp3) is 0.500. The van der Waals surface area contributed by atoms with E-state index in [1.807, 2.05) is 6.07 Å². The molecule has 0 heterocycles. The molecular formula is C16H18F3IO. The molecule has 0 unspecified atom stereocenters. The first-order valence-electron chi connectivity index (χ1n) is 6.96. The fourth-order valence-corrected chi connectivity index (χ4v) is 3.97. The molecule has 0 aliphatic heterocycles. The molecule has 5 heteroatoms. The number of ether oxygens (including phenoxy) is 1. The Labute approximate surface area is 136 Å². The average molecular weight is 410 g/mol. The van der Waals surface area contributed by atoms with Crippen LogP contribution in [0.3, 0.4) is 0 Å². The van der Waals surface area contributed by atoms with Gasteiger partial charge in [0, 0.05) is 3.57 Å². The number of hydrogen-bond donors (Lipinski definition) is 0. The molecule has 2 rings (SSSR count). The van der Waals surface area contributed by atoms with Gasteiger partial charge >= 0.3 is 6.18 Å². The molecule has 21 heavy (non-hydrogen) atoms. The Morgan fingerprint density at radius 3 is 2.38 bits per heavy atom. The van der Waals surface area contributed by atoms with Crippen LogP contribution in [0.1, 0.15) is 42.7 Å². The van der Waals surface area contributed by atoms with E-state index in [1.54, 1.807) is 0 Å². The van der Waals surface area contributed by atoms with Gasteiger partial charge in [-0.3, -0.25) is 0 Å². The topological polar surface area (TPSA) is 9.23 Å². The second kappa shape index (κ2) is 6.58. The highest BCUT2D eigenvalue weighted by molar-refractivity contribution is 14.1. The van der Waals surface area contributed by atoms with Gasteiger partial charge in [-0.25, -0.2) is 0 Å². The molecule has 0 spiro atoms. The van der Waals surface area contributed by atoms with Gasteiger partial charge in [-0.1, -0.05) is 18.7 Å². The van der Waals surface area contributed by atoms with Crippen LogP contribution in [-0.2, 0) is 4.74 Å². The van der Waals surface area contributed by atoms with Gasteiger partial charge in [-0.15, -0.1) is 0 Å². The largest absolute Gasteiger partial charge is 0.486 e. The SMILES string of the molecule is C=C(OC1CCC(c2c(C)cccc2I)CC1)C(F)(F)F. The Kier molecular flexibility index (Phi) is 5.22. The first kappa shape index (κ1) is 16.6. The summed E-state index contributed by atoms with van der Waals surface area (Å²) < 4.78 is 43.5. The summed E-state index contributed by atoms with van der Waals surface area (Å²) in [5.74, 6) is -0.659. The van der Waals surface area contributed by atoms with E-state index in [0.29, 0.717) is 18.8 Å². The van der Waals surface area contributed by atoms with E-state index in [-0.39, 0.29) is 6.10 Å². The number of hydrogen-bond acceptors (Lipinski definition) is 1. The number of rotatable bonds is 3. The summed E-state index contributed by atoms with van der Waals surface area (Å²) >= 11 is 2.33. The van der Waals surface area contributed by atoms with Crippen LogP contribution in [0.4, 0.5) is 13.2 Å². The molecule has 0 amide bonds. The van der Waals surface area contributed by atoms with Crippen LogP contribution >= 0.6 is 22.6 Å². The van der Waals surface area contributed by atoms with E-state index in [2.05, 4.69) is 48.2 Å². The Morgan fingerprint density at radius 1 is 1.24 bits per heavy atom.